The van der Waals surface area contributed by atoms with E-state index in [1.54, 1.807) is 32.0 Å². The van der Waals surface area contributed by atoms with E-state index in [-0.39, 0.29) is 12.6 Å². The van der Waals surface area contributed by atoms with Crippen LogP contribution in [0.25, 0.3) is 0 Å². The van der Waals surface area contributed by atoms with Crippen molar-refractivity contribution in [3.05, 3.63) is 35.1 Å². The number of carbonyl (C=O) groups is 1. The number of hydrogen-bond donors (Lipinski definition) is 1. The molecule has 0 bridgehead atoms. The maximum absolute atomic E-state index is 15.1. The fraction of sp³-hybridized carbons (Fsp3) is 0.611. The van der Waals surface area contributed by atoms with Crippen LogP contribution in [-0.2, 0) is 25.9 Å². The molecule has 1 fully saturated rings. The van der Waals surface area contributed by atoms with Gasteiger partial charge in [-0.3, -0.25) is 4.79 Å². The standard InChI is InChI=1S/C18H26FNO3S/c1-6-23-16(21)18(10-11-18)14-9-7-8-13(15(14)19)12(2)20-24(22)17(3,4)5/h7-9,12,20H,6,10-11H2,1-5H3/t12-,24+/m1/s1. The highest BCUT2D eigenvalue weighted by molar-refractivity contribution is 7.84. The molecule has 2 atom stereocenters. The van der Waals surface area contributed by atoms with Crippen LogP contribution in [0.1, 0.15) is 64.6 Å². The van der Waals surface area contributed by atoms with Crippen molar-refractivity contribution in [1.29, 1.82) is 0 Å². The molecule has 0 spiro atoms. The normalized spacial score (nSPS) is 18.8. The van der Waals surface area contributed by atoms with Crippen LogP contribution < -0.4 is 4.72 Å². The summed E-state index contributed by atoms with van der Waals surface area (Å²) in [6, 6.07) is 4.63. The van der Waals surface area contributed by atoms with E-state index < -0.39 is 33.0 Å². The Morgan fingerprint density at radius 1 is 1.42 bits per heavy atom. The zero-order valence-corrected chi connectivity index (χ0v) is 15.8. The number of rotatable bonds is 6. The molecule has 134 valence electrons. The highest BCUT2D eigenvalue weighted by atomic mass is 32.2. The van der Waals surface area contributed by atoms with Crippen molar-refractivity contribution >= 4 is 17.0 Å². The second kappa shape index (κ2) is 6.92. The van der Waals surface area contributed by atoms with E-state index in [0.717, 1.165) is 0 Å². The van der Waals surface area contributed by atoms with Crippen molar-refractivity contribution in [3.8, 4) is 0 Å². The van der Waals surface area contributed by atoms with E-state index in [4.69, 9.17) is 4.74 Å². The number of hydrogen-bond acceptors (Lipinski definition) is 3. The molecule has 2 rings (SSSR count). The average molecular weight is 355 g/mol. The van der Waals surface area contributed by atoms with Crippen molar-refractivity contribution in [3.63, 3.8) is 0 Å². The number of esters is 1. The third-order valence-corrected chi connectivity index (χ3v) is 5.95. The molecular formula is C18H26FNO3S. The lowest BCUT2D eigenvalue weighted by Gasteiger charge is -2.24. The summed E-state index contributed by atoms with van der Waals surface area (Å²) < 4.78 is 34.9. The van der Waals surface area contributed by atoms with Gasteiger partial charge in [0.1, 0.15) is 5.82 Å². The minimum absolute atomic E-state index is 0.282. The first-order valence-corrected chi connectivity index (χ1v) is 9.42. The summed E-state index contributed by atoms with van der Waals surface area (Å²) in [5.74, 6) is -0.770. The van der Waals surface area contributed by atoms with Gasteiger partial charge in [-0.2, -0.15) is 0 Å². The molecule has 0 aliphatic heterocycles. The summed E-state index contributed by atoms with van der Waals surface area (Å²) in [6.45, 7) is 9.37. The Hall–Kier alpha value is -1.27. The van der Waals surface area contributed by atoms with Gasteiger partial charge in [-0.1, -0.05) is 18.2 Å². The Morgan fingerprint density at radius 3 is 2.54 bits per heavy atom. The van der Waals surface area contributed by atoms with Crippen molar-refractivity contribution < 1.29 is 18.1 Å². The van der Waals surface area contributed by atoms with Crippen LogP contribution in [0.3, 0.4) is 0 Å². The molecule has 1 aromatic carbocycles. The lowest BCUT2D eigenvalue weighted by atomic mass is 9.92. The summed E-state index contributed by atoms with van der Waals surface area (Å²) in [6.07, 6.45) is 1.20. The SMILES string of the molecule is CCOC(=O)C1(c2cccc([C@@H](C)N[S@@](=O)C(C)(C)C)c2F)CC1. The zero-order chi connectivity index (χ0) is 18.1. The van der Waals surface area contributed by atoms with E-state index in [1.807, 2.05) is 20.8 Å². The van der Waals surface area contributed by atoms with E-state index in [9.17, 15) is 9.00 Å². The van der Waals surface area contributed by atoms with Gasteiger partial charge in [-0.05, 0) is 47.5 Å². The van der Waals surface area contributed by atoms with Crippen molar-refractivity contribution in [2.45, 2.75) is 63.7 Å². The smallest absolute Gasteiger partial charge is 0.316 e. The van der Waals surface area contributed by atoms with E-state index in [0.29, 0.717) is 24.0 Å². The van der Waals surface area contributed by atoms with Crippen LogP contribution >= 0.6 is 0 Å². The molecular weight excluding hydrogens is 329 g/mol. The molecule has 24 heavy (non-hydrogen) atoms. The first kappa shape index (κ1) is 19.1. The molecule has 4 nitrogen and oxygen atoms in total. The van der Waals surface area contributed by atoms with Gasteiger partial charge in [-0.15, -0.1) is 0 Å². The van der Waals surface area contributed by atoms with E-state index in [1.165, 1.54) is 0 Å². The van der Waals surface area contributed by atoms with Gasteiger partial charge in [0.05, 0.1) is 27.8 Å². The monoisotopic (exact) mass is 355 g/mol. The fourth-order valence-corrected chi connectivity index (χ4v) is 3.43. The third kappa shape index (κ3) is 3.70. The van der Waals surface area contributed by atoms with Gasteiger partial charge in [0.15, 0.2) is 0 Å². The minimum atomic E-state index is -1.31. The lowest BCUT2D eigenvalue weighted by Crippen LogP contribution is -2.35. The van der Waals surface area contributed by atoms with Crippen LogP contribution in [0, 0.1) is 5.82 Å². The molecule has 0 radical (unpaired) electrons. The molecule has 1 aliphatic carbocycles. The first-order chi connectivity index (χ1) is 11.1. The van der Waals surface area contributed by atoms with Crippen LogP contribution in [0.15, 0.2) is 18.2 Å². The maximum Gasteiger partial charge on any atom is 0.316 e. The molecule has 0 saturated heterocycles. The first-order valence-electron chi connectivity index (χ1n) is 8.27. The topological polar surface area (TPSA) is 55.4 Å². The molecule has 6 heteroatoms. The number of ether oxygens (including phenoxy) is 1. The third-order valence-electron chi connectivity index (χ3n) is 4.27. The molecule has 0 aromatic heterocycles. The number of halogens is 1. The molecule has 1 N–H and O–H groups in total. The van der Waals surface area contributed by atoms with Gasteiger partial charge < -0.3 is 4.74 Å². The lowest BCUT2D eigenvalue weighted by molar-refractivity contribution is -0.146. The van der Waals surface area contributed by atoms with Gasteiger partial charge in [0.2, 0.25) is 0 Å². The zero-order valence-electron chi connectivity index (χ0n) is 14.9. The second-order valence-corrected chi connectivity index (χ2v) is 9.23. The second-order valence-electron chi connectivity index (χ2n) is 7.23. The predicted molar refractivity (Wildman–Crippen MR) is 93.4 cm³/mol. The Balaban J connectivity index is 2.29. The summed E-state index contributed by atoms with van der Waals surface area (Å²) in [5.41, 5.74) is -0.0479. The Morgan fingerprint density at radius 2 is 2.04 bits per heavy atom. The predicted octanol–water partition coefficient (Wildman–Crippen LogP) is 3.53. The van der Waals surface area contributed by atoms with Crippen LogP contribution in [0.4, 0.5) is 4.39 Å². The quantitative estimate of drug-likeness (QED) is 0.794. The fourth-order valence-electron chi connectivity index (χ4n) is 2.63. The number of benzene rings is 1. The molecule has 0 unspecified atom stereocenters. The largest absolute Gasteiger partial charge is 0.465 e. The Bertz CT molecular complexity index is 650. The highest BCUT2D eigenvalue weighted by Crippen LogP contribution is 2.50. The van der Waals surface area contributed by atoms with Crippen LogP contribution in [0.2, 0.25) is 0 Å². The molecule has 1 aliphatic rings. The summed E-state index contributed by atoms with van der Waals surface area (Å²) in [7, 11) is -1.31. The van der Waals surface area contributed by atoms with Gasteiger partial charge in [-0.25, -0.2) is 13.3 Å². The van der Waals surface area contributed by atoms with E-state index in [2.05, 4.69) is 4.72 Å². The molecule has 1 aromatic rings. The number of nitrogens with one attached hydrogen (secondary N) is 1. The molecule has 1 saturated carbocycles. The average Bonchev–Trinajstić information content (AvgIpc) is 3.28. The molecule has 0 amide bonds. The van der Waals surface area contributed by atoms with E-state index >= 15 is 4.39 Å². The van der Waals surface area contributed by atoms with Crippen LogP contribution in [0.5, 0.6) is 0 Å². The van der Waals surface area contributed by atoms with Crippen molar-refractivity contribution in [2.24, 2.45) is 0 Å². The van der Waals surface area contributed by atoms with Crippen molar-refractivity contribution in [2.75, 3.05) is 6.61 Å². The summed E-state index contributed by atoms with van der Waals surface area (Å²) in [5, 5.41) is 0. The summed E-state index contributed by atoms with van der Waals surface area (Å²) in [4.78, 5) is 12.2. The Kier molecular flexibility index (Phi) is 5.50. The van der Waals surface area contributed by atoms with Crippen LogP contribution in [-0.4, -0.2) is 21.5 Å². The van der Waals surface area contributed by atoms with Crippen molar-refractivity contribution in [1.82, 2.24) is 4.72 Å². The summed E-state index contributed by atoms with van der Waals surface area (Å²) >= 11 is 0. The van der Waals surface area contributed by atoms with Gasteiger partial charge >= 0.3 is 5.97 Å². The molecule has 0 heterocycles. The van der Waals surface area contributed by atoms with Gasteiger partial charge in [0.25, 0.3) is 0 Å². The minimum Gasteiger partial charge on any atom is -0.465 e. The maximum atomic E-state index is 15.1. The van der Waals surface area contributed by atoms with Gasteiger partial charge in [0, 0.05) is 17.2 Å². The Labute approximate surface area is 145 Å². The highest BCUT2D eigenvalue weighted by Gasteiger charge is 2.54. The number of carbonyl (C=O) groups excluding carboxylic acids is 1.